The molecule has 0 aromatic rings. The fourth-order valence-corrected chi connectivity index (χ4v) is 1.35. The first-order valence-electron chi connectivity index (χ1n) is 4.40. The van der Waals surface area contributed by atoms with E-state index in [1.54, 1.807) is 0 Å². The van der Waals surface area contributed by atoms with Gasteiger partial charge in [-0.3, -0.25) is 0 Å². The van der Waals surface area contributed by atoms with Crippen molar-refractivity contribution in [3.05, 3.63) is 0 Å². The van der Waals surface area contributed by atoms with Crippen LogP contribution in [0.15, 0.2) is 0 Å². The lowest BCUT2D eigenvalue weighted by Gasteiger charge is -2.21. The molecular formula is C9H20O2. The van der Waals surface area contributed by atoms with Crippen LogP contribution in [0.1, 0.15) is 33.6 Å². The van der Waals surface area contributed by atoms with E-state index >= 15 is 0 Å². The molecule has 11 heavy (non-hydrogen) atoms. The average molecular weight is 160 g/mol. The van der Waals surface area contributed by atoms with Gasteiger partial charge >= 0.3 is 0 Å². The van der Waals surface area contributed by atoms with Crippen molar-refractivity contribution in [1.82, 2.24) is 0 Å². The van der Waals surface area contributed by atoms with Gasteiger partial charge in [0.1, 0.15) is 0 Å². The van der Waals surface area contributed by atoms with E-state index in [1.807, 2.05) is 6.92 Å². The lowest BCUT2D eigenvalue weighted by atomic mass is 9.90. The van der Waals surface area contributed by atoms with E-state index in [0.717, 1.165) is 12.8 Å². The summed E-state index contributed by atoms with van der Waals surface area (Å²) in [5, 5.41) is 18.0. The average Bonchev–Trinajstić information content (AvgIpc) is 1.98. The standard InChI is InChI=1S/C9H20O2/c1-4-8(5-7(2)3)9(11)6-10/h7-11H,4-6H2,1-3H3. The second-order valence-corrected chi connectivity index (χ2v) is 3.55. The number of rotatable bonds is 5. The zero-order valence-electron chi connectivity index (χ0n) is 7.75. The van der Waals surface area contributed by atoms with E-state index in [0.29, 0.717) is 5.92 Å². The summed E-state index contributed by atoms with van der Waals surface area (Å²) in [6.45, 7) is 6.21. The summed E-state index contributed by atoms with van der Waals surface area (Å²) in [6, 6.07) is 0. The third kappa shape index (κ3) is 4.38. The molecule has 0 aliphatic heterocycles. The fraction of sp³-hybridized carbons (Fsp3) is 1.00. The highest BCUT2D eigenvalue weighted by atomic mass is 16.3. The largest absolute Gasteiger partial charge is 0.394 e. The fourth-order valence-electron chi connectivity index (χ4n) is 1.35. The van der Waals surface area contributed by atoms with Crippen LogP contribution in [0.25, 0.3) is 0 Å². The summed E-state index contributed by atoms with van der Waals surface area (Å²) in [5.74, 6) is 0.862. The van der Waals surface area contributed by atoms with E-state index < -0.39 is 6.10 Å². The van der Waals surface area contributed by atoms with Crippen LogP contribution in [0, 0.1) is 11.8 Å². The number of hydrogen-bond donors (Lipinski definition) is 2. The van der Waals surface area contributed by atoms with E-state index in [9.17, 15) is 5.11 Å². The molecule has 68 valence electrons. The van der Waals surface area contributed by atoms with Crippen LogP contribution in [-0.4, -0.2) is 22.9 Å². The molecule has 0 fully saturated rings. The smallest absolute Gasteiger partial charge is 0.0799 e. The van der Waals surface area contributed by atoms with Gasteiger partial charge in [0.15, 0.2) is 0 Å². The molecule has 0 bridgehead atoms. The predicted molar refractivity (Wildman–Crippen MR) is 46.3 cm³/mol. The van der Waals surface area contributed by atoms with Gasteiger partial charge < -0.3 is 10.2 Å². The van der Waals surface area contributed by atoms with Crippen LogP contribution < -0.4 is 0 Å². The van der Waals surface area contributed by atoms with E-state index in [1.165, 1.54) is 0 Å². The third-order valence-corrected chi connectivity index (χ3v) is 2.03. The Morgan fingerprint density at radius 2 is 1.82 bits per heavy atom. The molecule has 2 N–H and O–H groups in total. The minimum Gasteiger partial charge on any atom is -0.394 e. The SMILES string of the molecule is CCC(CC(C)C)C(O)CO. The van der Waals surface area contributed by atoms with Crippen molar-refractivity contribution >= 4 is 0 Å². The van der Waals surface area contributed by atoms with Crippen molar-refractivity contribution in [2.75, 3.05) is 6.61 Å². The summed E-state index contributed by atoms with van der Waals surface area (Å²) in [6.07, 6.45) is 1.42. The van der Waals surface area contributed by atoms with E-state index in [4.69, 9.17) is 5.11 Å². The van der Waals surface area contributed by atoms with Crippen LogP contribution in [0.2, 0.25) is 0 Å². The molecular weight excluding hydrogens is 140 g/mol. The van der Waals surface area contributed by atoms with Crippen molar-refractivity contribution < 1.29 is 10.2 Å². The van der Waals surface area contributed by atoms with Crippen LogP contribution in [0.4, 0.5) is 0 Å². The van der Waals surface area contributed by atoms with Crippen LogP contribution >= 0.6 is 0 Å². The Kier molecular flexibility index (Phi) is 5.51. The molecule has 0 saturated carbocycles. The molecule has 0 aliphatic carbocycles. The first-order chi connectivity index (χ1) is 5.11. The lowest BCUT2D eigenvalue weighted by molar-refractivity contribution is 0.0375. The van der Waals surface area contributed by atoms with Gasteiger partial charge in [0.25, 0.3) is 0 Å². The summed E-state index contributed by atoms with van der Waals surface area (Å²) < 4.78 is 0. The minimum atomic E-state index is -0.526. The quantitative estimate of drug-likeness (QED) is 0.638. The highest BCUT2D eigenvalue weighted by Crippen LogP contribution is 2.18. The Hall–Kier alpha value is -0.0800. The summed E-state index contributed by atoms with van der Waals surface area (Å²) >= 11 is 0. The number of aliphatic hydroxyl groups is 2. The molecule has 0 heterocycles. The summed E-state index contributed by atoms with van der Waals surface area (Å²) in [4.78, 5) is 0. The Balaban J connectivity index is 3.74. The van der Waals surface area contributed by atoms with Gasteiger partial charge in [-0.1, -0.05) is 27.2 Å². The lowest BCUT2D eigenvalue weighted by Crippen LogP contribution is -2.24. The van der Waals surface area contributed by atoms with Gasteiger partial charge in [-0.25, -0.2) is 0 Å². The van der Waals surface area contributed by atoms with Gasteiger partial charge in [-0.15, -0.1) is 0 Å². The predicted octanol–water partition coefficient (Wildman–Crippen LogP) is 1.41. The van der Waals surface area contributed by atoms with Crippen molar-refractivity contribution in [3.63, 3.8) is 0 Å². The second-order valence-electron chi connectivity index (χ2n) is 3.55. The first kappa shape index (κ1) is 10.9. The van der Waals surface area contributed by atoms with Crippen molar-refractivity contribution in [2.24, 2.45) is 11.8 Å². The zero-order chi connectivity index (χ0) is 8.85. The second kappa shape index (κ2) is 5.56. The van der Waals surface area contributed by atoms with Crippen LogP contribution in [0.5, 0.6) is 0 Å². The van der Waals surface area contributed by atoms with Gasteiger partial charge in [-0.05, 0) is 18.3 Å². The highest BCUT2D eigenvalue weighted by Gasteiger charge is 2.17. The third-order valence-electron chi connectivity index (χ3n) is 2.03. The molecule has 0 aromatic heterocycles. The first-order valence-corrected chi connectivity index (χ1v) is 4.40. The van der Waals surface area contributed by atoms with Crippen molar-refractivity contribution in [2.45, 2.75) is 39.7 Å². The Bertz CT molecular complexity index is 91.6. The number of aliphatic hydroxyl groups excluding tert-OH is 2. The number of hydrogen-bond acceptors (Lipinski definition) is 2. The summed E-state index contributed by atoms with van der Waals surface area (Å²) in [5.41, 5.74) is 0. The van der Waals surface area contributed by atoms with Gasteiger partial charge in [-0.2, -0.15) is 0 Å². The molecule has 0 aliphatic rings. The molecule has 0 rings (SSSR count). The summed E-state index contributed by atoms with van der Waals surface area (Å²) in [7, 11) is 0. The van der Waals surface area contributed by atoms with Gasteiger partial charge in [0.2, 0.25) is 0 Å². The van der Waals surface area contributed by atoms with Crippen molar-refractivity contribution in [1.29, 1.82) is 0 Å². The topological polar surface area (TPSA) is 40.5 Å². The molecule has 2 nitrogen and oxygen atoms in total. The molecule has 2 unspecified atom stereocenters. The Morgan fingerprint density at radius 1 is 1.27 bits per heavy atom. The normalized spacial score (nSPS) is 16.9. The minimum absolute atomic E-state index is 0.106. The Morgan fingerprint density at radius 3 is 2.09 bits per heavy atom. The monoisotopic (exact) mass is 160 g/mol. The van der Waals surface area contributed by atoms with Crippen LogP contribution in [-0.2, 0) is 0 Å². The van der Waals surface area contributed by atoms with Gasteiger partial charge in [0.05, 0.1) is 12.7 Å². The van der Waals surface area contributed by atoms with Crippen LogP contribution in [0.3, 0.4) is 0 Å². The molecule has 2 atom stereocenters. The molecule has 0 spiro atoms. The maximum absolute atomic E-state index is 9.32. The maximum atomic E-state index is 9.32. The van der Waals surface area contributed by atoms with Gasteiger partial charge in [0, 0.05) is 0 Å². The highest BCUT2D eigenvalue weighted by molar-refractivity contribution is 4.67. The molecule has 0 aromatic carbocycles. The molecule has 0 radical (unpaired) electrons. The zero-order valence-corrected chi connectivity index (χ0v) is 7.75. The molecule has 0 amide bonds. The van der Waals surface area contributed by atoms with Crippen molar-refractivity contribution in [3.8, 4) is 0 Å². The van der Waals surface area contributed by atoms with E-state index in [2.05, 4.69) is 13.8 Å². The van der Waals surface area contributed by atoms with E-state index in [-0.39, 0.29) is 12.5 Å². The molecule has 0 saturated heterocycles. The maximum Gasteiger partial charge on any atom is 0.0799 e. The Labute approximate surface area is 69.2 Å². The molecule has 2 heteroatoms.